The van der Waals surface area contributed by atoms with E-state index >= 15 is 0 Å². The lowest BCUT2D eigenvalue weighted by Crippen LogP contribution is -2.30. The monoisotopic (exact) mass is 503 g/mol. The minimum absolute atomic E-state index is 0.0909. The van der Waals surface area contributed by atoms with Crippen LogP contribution in [-0.2, 0) is 0 Å². The van der Waals surface area contributed by atoms with Crippen molar-refractivity contribution < 1.29 is 0 Å². The molecule has 1 aliphatic heterocycles. The Balaban J connectivity index is 1.71. The lowest BCUT2D eigenvalue weighted by atomic mass is 10.0. The number of rotatable bonds is 4. The topological polar surface area (TPSA) is 46.0 Å². The predicted molar refractivity (Wildman–Crippen MR) is 135 cm³/mol. The van der Waals surface area contributed by atoms with Gasteiger partial charge < -0.3 is 14.8 Å². The second-order valence-electron chi connectivity index (χ2n) is 7.88. The number of thiocarbonyl (C=S) groups is 1. The van der Waals surface area contributed by atoms with E-state index in [2.05, 4.69) is 90.9 Å². The minimum Gasteiger partial charge on any atom is -0.351 e. The lowest BCUT2D eigenvalue weighted by molar-refractivity contribution is 0.548. The van der Waals surface area contributed by atoms with Crippen molar-refractivity contribution in [2.24, 2.45) is 0 Å². The van der Waals surface area contributed by atoms with E-state index in [4.69, 9.17) is 12.2 Å². The largest absolute Gasteiger partial charge is 0.351 e. The van der Waals surface area contributed by atoms with Crippen LogP contribution in [0, 0.1) is 13.8 Å². The zero-order valence-corrected chi connectivity index (χ0v) is 20.1. The van der Waals surface area contributed by atoms with E-state index in [-0.39, 0.29) is 12.1 Å². The van der Waals surface area contributed by atoms with Crippen molar-refractivity contribution in [2.75, 3.05) is 4.90 Å². The quantitative estimate of drug-likeness (QED) is 0.355. The van der Waals surface area contributed by atoms with Crippen LogP contribution in [0.5, 0.6) is 0 Å². The molecule has 7 heteroatoms. The van der Waals surface area contributed by atoms with Gasteiger partial charge in [-0.2, -0.15) is 0 Å². The van der Waals surface area contributed by atoms with Crippen molar-refractivity contribution >= 4 is 38.9 Å². The van der Waals surface area contributed by atoms with E-state index in [0.29, 0.717) is 5.11 Å². The number of anilines is 1. The first kappa shape index (κ1) is 20.8. The summed E-state index contributed by atoms with van der Waals surface area (Å²) < 4.78 is 3.33. The second-order valence-corrected chi connectivity index (χ2v) is 9.12. The molecule has 0 spiro atoms. The molecule has 4 heterocycles. The van der Waals surface area contributed by atoms with Gasteiger partial charge in [0.1, 0.15) is 6.04 Å². The van der Waals surface area contributed by atoms with E-state index in [1.54, 1.807) is 6.20 Å². The molecule has 0 bridgehead atoms. The molecule has 0 saturated carbocycles. The molecule has 1 aromatic carbocycles. The smallest absolute Gasteiger partial charge is 0.174 e. The Hall–Kier alpha value is -3.03. The van der Waals surface area contributed by atoms with Gasteiger partial charge in [0, 0.05) is 33.9 Å². The molecular weight excluding hydrogens is 482 g/mol. The van der Waals surface area contributed by atoms with Crippen LogP contribution in [-0.4, -0.2) is 19.6 Å². The third-order valence-electron chi connectivity index (χ3n) is 5.83. The van der Waals surface area contributed by atoms with E-state index in [0.717, 1.165) is 38.5 Å². The number of aryl methyl sites for hydroxylation is 2. The number of nitrogens with one attached hydrogen (secondary N) is 1. The molecule has 1 aliphatic rings. The molecule has 32 heavy (non-hydrogen) atoms. The summed E-state index contributed by atoms with van der Waals surface area (Å²) >= 11 is 9.49. The molecule has 0 unspecified atom stereocenters. The second kappa shape index (κ2) is 8.48. The van der Waals surface area contributed by atoms with Crippen molar-refractivity contribution in [1.82, 2.24) is 19.9 Å². The highest BCUT2D eigenvalue weighted by Crippen LogP contribution is 2.43. The van der Waals surface area contributed by atoms with Crippen molar-refractivity contribution in [3.05, 3.63) is 106 Å². The fourth-order valence-corrected chi connectivity index (χ4v) is 4.93. The Labute approximate surface area is 201 Å². The first-order valence-corrected chi connectivity index (χ1v) is 11.6. The van der Waals surface area contributed by atoms with Crippen LogP contribution < -0.4 is 10.2 Å². The molecule has 0 aliphatic carbocycles. The Morgan fingerprint density at radius 2 is 1.84 bits per heavy atom. The van der Waals surface area contributed by atoms with Crippen molar-refractivity contribution in [1.29, 1.82) is 0 Å². The summed E-state index contributed by atoms with van der Waals surface area (Å²) in [7, 11) is 0. The minimum atomic E-state index is -0.0997. The number of halogens is 1. The van der Waals surface area contributed by atoms with Gasteiger partial charge in [0.25, 0.3) is 0 Å². The van der Waals surface area contributed by atoms with Crippen LogP contribution in [0.25, 0.3) is 5.69 Å². The number of pyridine rings is 2. The van der Waals surface area contributed by atoms with E-state index in [1.165, 1.54) is 0 Å². The van der Waals surface area contributed by atoms with Crippen LogP contribution in [0.4, 0.5) is 5.69 Å². The molecule has 1 fully saturated rings. The summed E-state index contributed by atoms with van der Waals surface area (Å²) in [4.78, 5) is 11.2. The molecule has 160 valence electrons. The average molecular weight is 504 g/mol. The summed E-state index contributed by atoms with van der Waals surface area (Å²) in [6.45, 7) is 4.20. The third-order valence-corrected chi connectivity index (χ3v) is 7.04. The number of hydrogen-bond acceptors (Lipinski definition) is 3. The SMILES string of the molecule is Cc1cc(N2C(=S)N[C@@H](c3ccccn3)[C@@H]2c2ccc(C)n2-c2cccnc2)ccc1Br. The van der Waals surface area contributed by atoms with Crippen LogP contribution in [0.1, 0.15) is 34.7 Å². The first-order chi connectivity index (χ1) is 15.5. The van der Waals surface area contributed by atoms with Gasteiger partial charge in [0.2, 0.25) is 0 Å². The molecule has 3 aromatic heterocycles. The molecule has 1 N–H and O–H groups in total. The molecule has 0 amide bonds. The number of aromatic nitrogens is 3. The summed E-state index contributed by atoms with van der Waals surface area (Å²) in [6, 6.07) is 20.5. The summed E-state index contributed by atoms with van der Waals surface area (Å²) in [5, 5.41) is 4.23. The zero-order valence-electron chi connectivity index (χ0n) is 17.7. The Kier molecular flexibility index (Phi) is 5.53. The fraction of sp³-hybridized carbons (Fsp3) is 0.160. The molecule has 4 aromatic rings. The van der Waals surface area contributed by atoms with E-state index < -0.39 is 0 Å². The first-order valence-electron chi connectivity index (χ1n) is 10.4. The van der Waals surface area contributed by atoms with Crippen LogP contribution >= 0.6 is 28.1 Å². The van der Waals surface area contributed by atoms with Crippen LogP contribution in [0.15, 0.2) is 83.7 Å². The molecule has 5 rings (SSSR count). The van der Waals surface area contributed by atoms with Gasteiger partial charge in [0.05, 0.1) is 23.6 Å². The van der Waals surface area contributed by atoms with Gasteiger partial charge >= 0.3 is 0 Å². The van der Waals surface area contributed by atoms with Gasteiger partial charge in [0.15, 0.2) is 5.11 Å². The molecular formula is C25H22BrN5S. The van der Waals surface area contributed by atoms with Gasteiger partial charge in [-0.05, 0) is 86.2 Å². The molecule has 2 atom stereocenters. The molecule has 1 saturated heterocycles. The van der Waals surface area contributed by atoms with Crippen molar-refractivity contribution in [3.8, 4) is 5.69 Å². The van der Waals surface area contributed by atoms with Gasteiger partial charge in [-0.1, -0.05) is 22.0 Å². The fourth-order valence-electron chi connectivity index (χ4n) is 4.34. The van der Waals surface area contributed by atoms with Gasteiger partial charge in [-0.15, -0.1) is 0 Å². The molecule has 0 radical (unpaired) electrons. The maximum atomic E-state index is 5.87. The average Bonchev–Trinajstić information content (AvgIpc) is 3.36. The highest BCUT2D eigenvalue weighted by molar-refractivity contribution is 9.10. The Morgan fingerprint density at radius 3 is 2.56 bits per heavy atom. The van der Waals surface area contributed by atoms with Crippen LogP contribution in [0.2, 0.25) is 0 Å². The molecule has 5 nitrogen and oxygen atoms in total. The van der Waals surface area contributed by atoms with Gasteiger partial charge in [-0.25, -0.2) is 0 Å². The summed E-state index contributed by atoms with van der Waals surface area (Å²) in [5.41, 5.74) is 6.44. The summed E-state index contributed by atoms with van der Waals surface area (Å²) in [5.74, 6) is 0. The third kappa shape index (κ3) is 3.61. The van der Waals surface area contributed by atoms with Crippen molar-refractivity contribution in [2.45, 2.75) is 25.9 Å². The highest BCUT2D eigenvalue weighted by Gasteiger charge is 2.42. The maximum absolute atomic E-state index is 5.87. The standard InChI is InChI=1S/C25H22BrN5S/c1-16-14-18(9-10-20(16)26)31-24(23(29-25(31)32)21-7-3-4-13-28-21)22-11-8-17(2)30(22)19-6-5-12-27-15-19/h3-15,23-24H,1-2H3,(H,29,32)/t23-,24-/m0/s1. The maximum Gasteiger partial charge on any atom is 0.174 e. The lowest BCUT2D eigenvalue weighted by Gasteiger charge is -2.29. The number of nitrogens with zero attached hydrogens (tertiary/aromatic N) is 4. The van der Waals surface area contributed by atoms with Gasteiger partial charge in [-0.3, -0.25) is 9.97 Å². The van der Waals surface area contributed by atoms with E-state index in [9.17, 15) is 0 Å². The Bertz CT molecular complexity index is 1270. The van der Waals surface area contributed by atoms with Crippen molar-refractivity contribution in [3.63, 3.8) is 0 Å². The van der Waals surface area contributed by atoms with Crippen LogP contribution in [0.3, 0.4) is 0 Å². The zero-order chi connectivity index (χ0) is 22.2. The highest BCUT2D eigenvalue weighted by atomic mass is 79.9. The normalized spacial score (nSPS) is 18.1. The number of benzene rings is 1. The summed E-state index contributed by atoms with van der Waals surface area (Å²) in [6.07, 6.45) is 5.51. The van der Waals surface area contributed by atoms with E-state index in [1.807, 2.05) is 36.7 Å². The predicted octanol–water partition coefficient (Wildman–Crippen LogP) is 5.82. The Morgan fingerprint density at radius 1 is 0.969 bits per heavy atom. The number of hydrogen-bond donors (Lipinski definition) is 1.